The monoisotopic (exact) mass is 1150 g/mol. The van der Waals surface area contributed by atoms with Gasteiger partial charge < -0.3 is 80.9 Å². The Morgan fingerprint density at radius 1 is 0.654 bits per heavy atom. The molecule has 4 rings (SSSR count). The zero-order valence-electron chi connectivity index (χ0n) is 46.9. The number of carbonyl (C=O) groups excluding carboxylic acids is 9. The quantitative estimate of drug-likeness (QED) is 0.0479. The van der Waals surface area contributed by atoms with Crippen molar-refractivity contribution in [1.82, 2.24) is 52.8 Å². The fraction of sp³-hybridized carbons (Fsp3) is 0.589. The zero-order chi connectivity index (χ0) is 59.4. The van der Waals surface area contributed by atoms with Gasteiger partial charge in [0, 0.05) is 41.5 Å². The summed E-state index contributed by atoms with van der Waals surface area (Å²) in [6.45, 7) is 5.04. The van der Waals surface area contributed by atoms with E-state index in [1.165, 1.54) is 0 Å². The van der Waals surface area contributed by atoms with E-state index in [-0.39, 0.29) is 96.4 Å². The number of aliphatic hydroxyl groups excluding tert-OH is 1. The van der Waals surface area contributed by atoms with E-state index in [0.29, 0.717) is 29.0 Å². The molecule has 0 radical (unpaired) electrons. The van der Waals surface area contributed by atoms with Gasteiger partial charge in [0.2, 0.25) is 53.2 Å². The fourth-order valence-corrected chi connectivity index (χ4v) is 9.69. The number of H-pyrrole nitrogens is 1. The van der Waals surface area contributed by atoms with Crippen LogP contribution in [0.4, 0.5) is 0 Å². The summed E-state index contributed by atoms with van der Waals surface area (Å²) in [4.78, 5) is 131. The van der Waals surface area contributed by atoms with Crippen molar-refractivity contribution < 1.29 is 48.3 Å². The molecule has 1 fully saturated rings. The number of aliphatic hydroxyl groups is 1. The molecule has 9 atom stereocenters. The number of aromatic amines is 1. The minimum absolute atomic E-state index is 0.0650. The van der Waals surface area contributed by atoms with E-state index >= 15 is 0 Å². The summed E-state index contributed by atoms with van der Waals surface area (Å²) in [5.41, 5.74) is 25.8. The number of halogens is 1. The second-order valence-corrected chi connectivity index (χ2v) is 21.5. The predicted octanol–water partition coefficient (Wildman–Crippen LogP) is -0.442. The van der Waals surface area contributed by atoms with E-state index in [1.54, 1.807) is 30.5 Å². The molecule has 81 heavy (non-hydrogen) atoms. The van der Waals surface area contributed by atoms with Gasteiger partial charge in [0.05, 0.1) is 12.5 Å². The van der Waals surface area contributed by atoms with Gasteiger partial charge in [-0.15, -0.1) is 0 Å². The van der Waals surface area contributed by atoms with Gasteiger partial charge in [0.25, 0.3) is 0 Å². The van der Waals surface area contributed by atoms with Crippen molar-refractivity contribution in [2.75, 3.05) is 32.7 Å². The average molecular weight is 1150 g/mol. The lowest BCUT2D eigenvalue weighted by Crippen LogP contribution is -2.61. The number of nitrogens with one attached hydrogen (secondary N) is 10. The van der Waals surface area contributed by atoms with Gasteiger partial charge in [-0.05, 0) is 106 Å². The van der Waals surface area contributed by atoms with E-state index in [4.69, 9.17) is 34.5 Å². The molecule has 1 aliphatic rings. The van der Waals surface area contributed by atoms with Gasteiger partial charge in [-0.3, -0.25) is 43.2 Å². The molecule has 0 bridgehead atoms. The first-order valence-electron chi connectivity index (χ1n) is 28.3. The highest BCUT2D eigenvalue weighted by Gasteiger charge is 2.36. The topological polar surface area (TPSA) is 402 Å². The minimum Gasteiger partial charge on any atom is -0.393 e. The summed E-state index contributed by atoms with van der Waals surface area (Å²) in [5.74, 6) is -7.33. The first-order valence-corrected chi connectivity index (χ1v) is 28.7. The Morgan fingerprint density at radius 2 is 1.21 bits per heavy atom. The number of fused-ring (bicyclic) bond motifs is 1. The van der Waals surface area contributed by atoms with Crippen LogP contribution in [-0.4, -0.2) is 150 Å². The van der Waals surface area contributed by atoms with Crippen LogP contribution in [0, 0.1) is 5.92 Å². The van der Waals surface area contributed by atoms with Crippen molar-refractivity contribution in [1.29, 1.82) is 0 Å². The molecule has 1 aromatic heterocycles. The maximum Gasteiger partial charge on any atom is 0.243 e. The summed E-state index contributed by atoms with van der Waals surface area (Å²) >= 11 is 6.34. The number of para-hydroxylation sites is 1. The lowest BCUT2D eigenvalue weighted by molar-refractivity contribution is -0.136. The molecule has 9 amide bonds. The molecular weight excluding hydrogens is 1060 g/mol. The number of unbranched alkanes of at least 4 members (excludes halogenated alkanes) is 4. The van der Waals surface area contributed by atoms with Crippen molar-refractivity contribution >= 4 is 75.7 Å². The van der Waals surface area contributed by atoms with Crippen molar-refractivity contribution in [3.8, 4) is 0 Å². The van der Waals surface area contributed by atoms with Crippen LogP contribution < -0.4 is 70.8 Å². The molecule has 0 unspecified atom stereocenters. The van der Waals surface area contributed by atoms with E-state index in [0.717, 1.165) is 36.6 Å². The second-order valence-electron chi connectivity index (χ2n) is 21.0. The van der Waals surface area contributed by atoms with Gasteiger partial charge >= 0.3 is 0 Å². The zero-order valence-corrected chi connectivity index (χ0v) is 47.7. The summed E-state index contributed by atoms with van der Waals surface area (Å²) in [6.07, 6.45) is 4.64. The third kappa shape index (κ3) is 22.6. The summed E-state index contributed by atoms with van der Waals surface area (Å²) in [7, 11) is 0. The standard InChI is InChI=1S/C56H87ClN14O10/c1-4-5-6-7-8-14-37(72)31-48(73)64-40(17-22-58)50(75)68-44-21-26-62-49(74)47(30-35-32-63-39-16-10-9-15-38(35)39)71-53(78)43(20-25-61)65-51(76)41(18-23-59)67-55(80)45(27-33(2)3)69-56(81)46(29-34-12-11-13-36(57)28-34)70-52(77)42(19-24-60)66-54(44)79/h9-13,15-16,28,32-33,37,40-47,63,72H,4-8,14,17-27,29-31,58-61H2,1-3H3,(H,62,74)(H,64,73)(H,65,76)(H,66,79)(H,67,80)(H,68,75)(H,69,81)(H,70,77)(H,71,78)/t37-,40-,41+,42+,43+,44+,45+,46-,47+/m1/s1. The first-order chi connectivity index (χ1) is 38.8. The number of benzene rings is 2. The van der Waals surface area contributed by atoms with Crippen molar-refractivity contribution in [3.05, 3.63) is 70.9 Å². The van der Waals surface area contributed by atoms with E-state index in [1.807, 2.05) is 38.1 Å². The van der Waals surface area contributed by atoms with Gasteiger partial charge in [0.15, 0.2) is 0 Å². The van der Waals surface area contributed by atoms with Gasteiger partial charge in [-0.2, -0.15) is 0 Å². The number of hydrogen-bond acceptors (Lipinski definition) is 14. The fourth-order valence-electron chi connectivity index (χ4n) is 9.47. The Balaban J connectivity index is 1.78. The molecule has 2 aromatic carbocycles. The molecule has 0 aliphatic carbocycles. The molecule has 19 N–H and O–H groups in total. The van der Waals surface area contributed by atoms with Crippen LogP contribution in [0.1, 0.15) is 115 Å². The van der Waals surface area contributed by atoms with Crippen LogP contribution in [0.25, 0.3) is 10.9 Å². The summed E-state index contributed by atoms with van der Waals surface area (Å²) < 4.78 is 0. The van der Waals surface area contributed by atoms with E-state index in [9.17, 15) is 48.3 Å². The van der Waals surface area contributed by atoms with E-state index < -0.39 is 108 Å². The van der Waals surface area contributed by atoms with Gasteiger partial charge in [0.1, 0.15) is 48.3 Å². The third-order valence-corrected chi connectivity index (χ3v) is 14.1. The maximum atomic E-state index is 14.6. The lowest BCUT2D eigenvalue weighted by Gasteiger charge is -2.28. The third-order valence-electron chi connectivity index (χ3n) is 13.8. The maximum absolute atomic E-state index is 14.6. The van der Waals surface area contributed by atoms with Gasteiger partial charge in [-0.25, -0.2) is 0 Å². The lowest BCUT2D eigenvalue weighted by atomic mass is 10.00. The normalized spacial score (nSPS) is 22.0. The smallest absolute Gasteiger partial charge is 0.243 e. The van der Waals surface area contributed by atoms with Gasteiger partial charge in [-0.1, -0.05) is 94.8 Å². The molecule has 2 heterocycles. The highest BCUT2D eigenvalue weighted by molar-refractivity contribution is 6.30. The molecule has 448 valence electrons. The van der Waals surface area contributed by atoms with Crippen molar-refractivity contribution in [2.45, 2.75) is 172 Å². The summed E-state index contributed by atoms with van der Waals surface area (Å²) in [5, 5.41) is 36.0. The Morgan fingerprint density at radius 3 is 1.80 bits per heavy atom. The number of rotatable bonds is 25. The average Bonchev–Trinajstić information content (AvgIpc) is 3.83. The SMILES string of the molecule is CCCCCCC[C@@H](O)CC(=O)N[C@H](CCN)C(=O)N[C@H]1CCNC(=O)[C@H](Cc2c[nH]c3ccccc23)NC(=O)[C@H](CCN)NC(=O)[C@H](CCN)NC(=O)[C@H](CC(C)C)NC(=O)[C@@H](Cc2cccc(Cl)c2)NC(=O)[C@H](CCN)NC1=O. The molecular formula is C56H87ClN14O10. The Labute approximate surface area is 479 Å². The Kier molecular flexibility index (Phi) is 29.1. The number of hydrogen-bond donors (Lipinski definition) is 15. The molecule has 0 saturated carbocycles. The second kappa shape index (κ2) is 35.2. The first kappa shape index (κ1) is 66.8. The van der Waals surface area contributed by atoms with Crippen molar-refractivity contribution in [2.24, 2.45) is 28.9 Å². The van der Waals surface area contributed by atoms with Crippen LogP contribution in [0.2, 0.25) is 5.02 Å². The van der Waals surface area contributed by atoms with Crippen LogP contribution >= 0.6 is 11.6 Å². The number of aromatic nitrogens is 1. The molecule has 25 heteroatoms. The Bertz CT molecular complexity index is 2550. The number of carbonyl (C=O) groups is 9. The largest absolute Gasteiger partial charge is 0.393 e. The highest BCUT2D eigenvalue weighted by atomic mass is 35.5. The molecule has 24 nitrogen and oxygen atoms in total. The van der Waals surface area contributed by atoms with Crippen LogP contribution in [0.15, 0.2) is 54.7 Å². The number of amides is 9. The molecule has 3 aromatic rings. The molecule has 1 saturated heterocycles. The molecule has 1 aliphatic heterocycles. The predicted molar refractivity (Wildman–Crippen MR) is 308 cm³/mol. The molecule has 0 spiro atoms. The van der Waals surface area contributed by atoms with E-state index in [2.05, 4.69) is 59.8 Å². The summed E-state index contributed by atoms with van der Waals surface area (Å²) in [6, 6.07) is 2.98. The number of nitrogens with two attached hydrogens (primary N) is 4. The van der Waals surface area contributed by atoms with Crippen LogP contribution in [-0.2, 0) is 56.0 Å². The Hall–Kier alpha value is -6.70. The van der Waals surface area contributed by atoms with Crippen LogP contribution in [0.5, 0.6) is 0 Å². The van der Waals surface area contributed by atoms with Crippen molar-refractivity contribution in [3.63, 3.8) is 0 Å². The minimum atomic E-state index is -1.52. The van der Waals surface area contributed by atoms with Crippen LogP contribution in [0.3, 0.4) is 0 Å². The highest BCUT2D eigenvalue weighted by Crippen LogP contribution is 2.20.